The molecule has 1 unspecified atom stereocenters. The molecule has 0 N–H and O–H groups in total. The van der Waals surface area contributed by atoms with E-state index in [1.165, 1.54) is 17.9 Å². The first-order chi connectivity index (χ1) is 6.08. The molecule has 76 valence electrons. The highest BCUT2D eigenvalue weighted by molar-refractivity contribution is 8.13. The van der Waals surface area contributed by atoms with Gasteiger partial charge in [0.1, 0.15) is 0 Å². The summed E-state index contributed by atoms with van der Waals surface area (Å²) in [6, 6.07) is 0. The number of halogens is 1. The van der Waals surface area contributed by atoms with Crippen LogP contribution >= 0.6 is 22.4 Å². The van der Waals surface area contributed by atoms with E-state index in [4.69, 9.17) is 10.7 Å². The van der Waals surface area contributed by atoms with Gasteiger partial charge >= 0.3 is 0 Å². The van der Waals surface area contributed by atoms with E-state index in [0.717, 1.165) is 12.3 Å². The van der Waals surface area contributed by atoms with Gasteiger partial charge in [0.25, 0.3) is 0 Å². The summed E-state index contributed by atoms with van der Waals surface area (Å²) in [6.45, 7) is 0. The zero-order valence-corrected chi connectivity index (χ0v) is 9.67. The molecule has 0 spiro atoms. The summed E-state index contributed by atoms with van der Waals surface area (Å²) in [6.07, 6.45) is 5.81. The van der Waals surface area contributed by atoms with Gasteiger partial charge in [-0.3, -0.25) is 0 Å². The maximum Gasteiger partial charge on any atom is 0.236 e. The average molecular weight is 241 g/mol. The molecule has 0 aliphatic carbocycles. The van der Waals surface area contributed by atoms with E-state index in [0.29, 0.717) is 0 Å². The molecule has 1 heterocycles. The molecule has 0 bridgehead atoms. The Kier molecular flexibility index (Phi) is 4.62. The molecular formula is C8H13ClO2S2. The topological polar surface area (TPSA) is 34.1 Å². The summed E-state index contributed by atoms with van der Waals surface area (Å²) in [7, 11) is 1.71. The van der Waals surface area contributed by atoms with Gasteiger partial charge in [-0.15, -0.1) is 0 Å². The Morgan fingerprint density at radius 2 is 2.23 bits per heavy atom. The van der Waals surface area contributed by atoms with Crippen LogP contribution in [-0.2, 0) is 9.05 Å². The van der Waals surface area contributed by atoms with E-state index in [-0.39, 0.29) is 5.75 Å². The molecule has 0 radical (unpaired) electrons. The predicted molar refractivity (Wildman–Crippen MR) is 58.8 cm³/mol. The lowest BCUT2D eigenvalue weighted by Gasteiger charge is -2.01. The molecule has 0 aromatic heterocycles. The van der Waals surface area contributed by atoms with Crippen LogP contribution in [0.1, 0.15) is 12.8 Å². The number of rotatable bonds is 4. The Morgan fingerprint density at radius 1 is 1.46 bits per heavy atom. The van der Waals surface area contributed by atoms with Crippen molar-refractivity contribution in [2.45, 2.75) is 12.8 Å². The summed E-state index contributed by atoms with van der Waals surface area (Å²) in [5, 5.41) is 0. The Bertz CT molecular complexity index is 266. The largest absolute Gasteiger partial charge is 0.236 e. The monoisotopic (exact) mass is 240 g/mol. The van der Waals surface area contributed by atoms with Crippen LogP contribution in [0.2, 0.25) is 0 Å². The highest BCUT2D eigenvalue weighted by atomic mass is 35.7. The van der Waals surface area contributed by atoms with Gasteiger partial charge in [-0.05, 0) is 30.3 Å². The lowest BCUT2D eigenvalue weighted by molar-refractivity contribution is 0.606. The van der Waals surface area contributed by atoms with Gasteiger partial charge in [0.15, 0.2) is 0 Å². The van der Waals surface area contributed by atoms with Crippen molar-refractivity contribution in [3.8, 4) is 0 Å². The van der Waals surface area contributed by atoms with Crippen LogP contribution in [0, 0.1) is 5.92 Å². The third-order valence-corrected chi connectivity index (χ3v) is 4.16. The molecule has 2 nitrogen and oxygen atoms in total. The molecule has 1 saturated heterocycles. The molecule has 0 aromatic rings. The Balaban J connectivity index is 2.18. The second kappa shape index (κ2) is 5.27. The van der Waals surface area contributed by atoms with Crippen molar-refractivity contribution in [2.75, 3.05) is 17.3 Å². The van der Waals surface area contributed by atoms with Crippen molar-refractivity contribution >= 4 is 31.5 Å². The lowest BCUT2D eigenvalue weighted by atomic mass is 10.1. The number of thioether (sulfide) groups is 1. The smallest absolute Gasteiger partial charge is 0.212 e. The summed E-state index contributed by atoms with van der Waals surface area (Å²) in [5.74, 6) is 3.14. The van der Waals surface area contributed by atoms with E-state index in [1.807, 2.05) is 17.8 Å². The van der Waals surface area contributed by atoms with Gasteiger partial charge in [0.05, 0.1) is 5.75 Å². The van der Waals surface area contributed by atoms with Gasteiger partial charge in [-0.25, -0.2) is 8.42 Å². The first kappa shape index (κ1) is 11.4. The highest BCUT2D eigenvalue weighted by Gasteiger charge is 2.13. The van der Waals surface area contributed by atoms with Crippen LogP contribution in [0.5, 0.6) is 0 Å². The maximum atomic E-state index is 10.5. The minimum absolute atomic E-state index is 0.0472. The first-order valence-electron chi connectivity index (χ1n) is 4.23. The molecule has 1 fully saturated rings. The van der Waals surface area contributed by atoms with Crippen LogP contribution in [0.4, 0.5) is 0 Å². The van der Waals surface area contributed by atoms with Crippen molar-refractivity contribution in [2.24, 2.45) is 5.92 Å². The van der Waals surface area contributed by atoms with Gasteiger partial charge in [-0.1, -0.05) is 12.2 Å². The standard InChI is InChI=1S/C8H13ClO2S2/c9-13(10,11)6-2-1-3-8-4-5-12-7-8/h1-2,8H,3-7H2/b2-1-. The van der Waals surface area contributed by atoms with E-state index in [9.17, 15) is 8.42 Å². The van der Waals surface area contributed by atoms with Crippen molar-refractivity contribution in [1.29, 1.82) is 0 Å². The molecule has 1 aliphatic heterocycles. The Morgan fingerprint density at radius 3 is 2.77 bits per heavy atom. The molecule has 0 saturated carbocycles. The number of hydrogen-bond donors (Lipinski definition) is 0. The first-order valence-corrected chi connectivity index (χ1v) is 7.86. The Hall–Kier alpha value is 0.330. The van der Waals surface area contributed by atoms with Crippen LogP contribution < -0.4 is 0 Å². The lowest BCUT2D eigenvalue weighted by Crippen LogP contribution is -1.96. The number of allylic oxidation sites excluding steroid dienone is 1. The normalized spacial score (nSPS) is 24.2. The molecule has 1 rings (SSSR count). The Labute approximate surface area is 88.2 Å². The minimum atomic E-state index is -3.34. The van der Waals surface area contributed by atoms with Crippen LogP contribution in [0.25, 0.3) is 0 Å². The third-order valence-electron chi connectivity index (χ3n) is 1.96. The van der Waals surface area contributed by atoms with Gasteiger partial charge in [0.2, 0.25) is 9.05 Å². The van der Waals surface area contributed by atoms with Crippen molar-refractivity contribution in [3.63, 3.8) is 0 Å². The maximum absolute atomic E-state index is 10.5. The zero-order chi connectivity index (χ0) is 9.73. The summed E-state index contributed by atoms with van der Waals surface area (Å²) in [4.78, 5) is 0. The van der Waals surface area contributed by atoms with Crippen molar-refractivity contribution in [1.82, 2.24) is 0 Å². The van der Waals surface area contributed by atoms with E-state index in [2.05, 4.69) is 0 Å². The fourth-order valence-corrected chi connectivity index (χ4v) is 3.13. The van der Waals surface area contributed by atoms with E-state index in [1.54, 1.807) is 6.08 Å². The minimum Gasteiger partial charge on any atom is -0.212 e. The summed E-state index contributed by atoms with van der Waals surface area (Å²) >= 11 is 1.97. The van der Waals surface area contributed by atoms with Crippen LogP contribution in [0.3, 0.4) is 0 Å². The molecule has 5 heteroatoms. The van der Waals surface area contributed by atoms with Crippen LogP contribution in [-0.4, -0.2) is 25.7 Å². The van der Waals surface area contributed by atoms with E-state index < -0.39 is 9.05 Å². The quantitative estimate of drug-likeness (QED) is 0.559. The molecule has 13 heavy (non-hydrogen) atoms. The van der Waals surface area contributed by atoms with Crippen LogP contribution in [0.15, 0.2) is 12.2 Å². The van der Waals surface area contributed by atoms with Gasteiger partial charge in [-0.2, -0.15) is 11.8 Å². The molecular weight excluding hydrogens is 228 g/mol. The highest BCUT2D eigenvalue weighted by Crippen LogP contribution is 2.26. The van der Waals surface area contributed by atoms with Gasteiger partial charge in [0, 0.05) is 10.7 Å². The SMILES string of the molecule is O=S(=O)(Cl)C/C=C\CC1CCSC1. The number of hydrogen-bond acceptors (Lipinski definition) is 3. The molecule has 0 aromatic carbocycles. The molecule has 1 atom stereocenters. The average Bonchev–Trinajstić information content (AvgIpc) is 2.48. The van der Waals surface area contributed by atoms with E-state index >= 15 is 0 Å². The molecule has 1 aliphatic rings. The molecule has 0 amide bonds. The third kappa shape index (κ3) is 5.60. The van der Waals surface area contributed by atoms with Crippen molar-refractivity contribution in [3.05, 3.63) is 12.2 Å². The van der Waals surface area contributed by atoms with Crippen molar-refractivity contribution < 1.29 is 8.42 Å². The second-order valence-electron chi connectivity index (χ2n) is 3.14. The zero-order valence-electron chi connectivity index (χ0n) is 7.28. The fourth-order valence-electron chi connectivity index (χ4n) is 1.24. The fraction of sp³-hybridized carbons (Fsp3) is 0.750. The predicted octanol–water partition coefficient (Wildman–Crippen LogP) is 2.25. The second-order valence-corrected chi connectivity index (χ2v) is 7.11. The van der Waals surface area contributed by atoms with Gasteiger partial charge < -0.3 is 0 Å². The summed E-state index contributed by atoms with van der Waals surface area (Å²) in [5.41, 5.74) is 0. The summed E-state index contributed by atoms with van der Waals surface area (Å²) < 4.78 is 21.1.